The van der Waals surface area contributed by atoms with E-state index in [1.165, 1.54) is 17.0 Å². The van der Waals surface area contributed by atoms with Crippen molar-refractivity contribution in [2.24, 2.45) is 5.73 Å². The highest BCUT2D eigenvalue weighted by molar-refractivity contribution is 6.02. The molecule has 3 rings (SSSR count). The van der Waals surface area contributed by atoms with E-state index in [0.717, 1.165) is 0 Å². The van der Waals surface area contributed by atoms with Gasteiger partial charge >= 0.3 is 0 Å². The Kier molecular flexibility index (Phi) is 4.97. The van der Waals surface area contributed by atoms with Crippen LogP contribution in [0, 0.1) is 5.82 Å². The number of nitrogens with one attached hydrogen (secondary N) is 1. The van der Waals surface area contributed by atoms with Gasteiger partial charge in [-0.15, -0.1) is 0 Å². The predicted octanol–water partition coefficient (Wildman–Crippen LogP) is 1.39. The molecule has 1 atom stereocenters. The van der Waals surface area contributed by atoms with Gasteiger partial charge in [-0.2, -0.15) is 0 Å². The number of rotatable bonds is 5. The molecule has 2 aromatic carbocycles. The smallest absolute Gasteiger partial charge is 0.249 e. The van der Waals surface area contributed by atoms with Gasteiger partial charge in [0.15, 0.2) is 0 Å². The van der Waals surface area contributed by atoms with Crippen LogP contribution in [0.2, 0.25) is 0 Å². The Bertz CT molecular complexity index is 869. The molecule has 1 fully saturated rings. The van der Waals surface area contributed by atoms with Crippen LogP contribution in [0.4, 0.5) is 10.1 Å². The highest BCUT2D eigenvalue weighted by Gasteiger charge is 2.34. The monoisotopic (exact) mass is 355 g/mol. The van der Waals surface area contributed by atoms with Crippen molar-refractivity contribution in [2.75, 3.05) is 11.4 Å². The minimum Gasteiger partial charge on any atom is -0.366 e. The zero-order chi connectivity index (χ0) is 18.7. The number of carbonyl (C=O) groups excluding carboxylic acids is 3. The second-order valence-corrected chi connectivity index (χ2v) is 6.05. The molecule has 1 saturated heterocycles. The first-order chi connectivity index (χ1) is 12.5. The molecule has 0 spiro atoms. The van der Waals surface area contributed by atoms with Gasteiger partial charge in [0.25, 0.3) is 0 Å². The standard InChI is InChI=1S/C19H18FN3O3/c20-14-7-3-4-8-16(14)23-10-9-15(19(23)26)22-17(24)11-12-5-1-2-6-13(12)18(21)25/h1-8,15H,9-11H2,(H2,21,25)(H,22,24). The van der Waals surface area contributed by atoms with Crippen molar-refractivity contribution in [1.29, 1.82) is 0 Å². The summed E-state index contributed by atoms with van der Waals surface area (Å²) in [5.74, 6) is -1.85. The van der Waals surface area contributed by atoms with Gasteiger partial charge in [0.2, 0.25) is 17.7 Å². The molecule has 0 radical (unpaired) electrons. The van der Waals surface area contributed by atoms with Crippen LogP contribution in [0.3, 0.4) is 0 Å². The number of benzene rings is 2. The molecule has 0 saturated carbocycles. The summed E-state index contributed by atoms with van der Waals surface area (Å²) in [5, 5.41) is 2.66. The molecule has 7 heteroatoms. The summed E-state index contributed by atoms with van der Waals surface area (Å²) in [4.78, 5) is 37.5. The van der Waals surface area contributed by atoms with Crippen LogP contribution in [0.5, 0.6) is 0 Å². The fourth-order valence-electron chi connectivity index (χ4n) is 3.06. The first-order valence-corrected chi connectivity index (χ1v) is 8.20. The van der Waals surface area contributed by atoms with Crippen molar-refractivity contribution in [3.8, 4) is 0 Å². The first kappa shape index (κ1) is 17.6. The third-order valence-electron chi connectivity index (χ3n) is 4.32. The zero-order valence-corrected chi connectivity index (χ0v) is 13.9. The number of carbonyl (C=O) groups is 3. The first-order valence-electron chi connectivity index (χ1n) is 8.20. The molecule has 1 aliphatic heterocycles. The number of nitrogens with zero attached hydrogens (tertiary/aromatic N) is 1. The molecule has 0 aromatic heterocycles. The average Bonchev–Trinajstić information content (AvgIpc) is 2.96. The molecule has 3 N–H and O–H groups in total. The Morgan fingerprint density at radius 3 is 2.58 bits per heavy atom. The Balaban J connectivity index is 1.67. The van der Waals surface area contributed by atoms with Crippen molar-refractivity contribution < 1.29 is 18.8 Å². The zero-order valence-electron chi connectivity index (χ0n) is 13.9. The molecule has 1 aliphatic rings. The lowest BCUT2D eigenvalue weighted by molar-refractivity contribution is -0.126. The lowest BCUT2D eigenvalue weighted by Crippen LogP contribution is -2.42. The third kappa shape index (κ3) is 3.56. The van der Waals surface area contributed by atoms with E-state index in [-0.39, 0.29) is 23.6 Å². The summed E-state index contributed by atoms with van der Waals surface area (Å²) in [7, 11) is 0. The molecule has 6 nitrogen and oxygen atoms in total. The molecule has 0 bridgehead atoms. The van der Waals surface area contributed by atoms with Gasteiger partial charge in [0.05, 0.1) is 12.1 Å². The number of amides is 3. The van der Waals surface area contributed by atoms with Gasteiger partial charge in [-0.1, -0.05) is 30.3 Å². The van der Waals surface area contributed by atoms with E-state index in [4.69, 9.17) is 5.73 Å². The number of hydrogen-bond donors (Lipinski definition) is 2. The Morgan fingerprint density at radius 2 is 1.85 bits per heavy atom. The largest absolute Gasteiger partial charge is 0.366 e. The summed E-state index contributed by atoms with van der Waals surface area (Å²) in [6.07, 6.45) is 0.318. The average molecular weight is 355 g/mol. The Hall–Kier alpha value is -3.22. The van der Waals surface area contributed by atoms with Crippen LogP contribution in [-0.2, 0) is 16.0 Å². The van der Waals surface area contributed by atoms with Crippen molar-refractivity contribution in [3.63, 3.8) is 0 Å². The molecule has 3 amide bonds. The summed E-state index contributed by atoms with van der Waals surface area (Å²) in [6.45, 7) is 0.322. The van der Waals surface area contributed by atoms with Gasteiger partial charge in [0, 0.05) is 12.1 Å². The molecule has 1 heterocycles. The van der Waals surface area contributed by atoms with Gasteiger partial charge in [0.1, 0.15) is 11.9 Å². The topological polar surface area (TPSA) is 92.5 Å². The van der Waals surface area contributed by atoms with Gasteiger partial charge in [-0.3, -0.25) is 14.4 Å². The number of primary amides is 1. The summed E-state index contributed by atoms with van der Waals surface area (Å²) in [6, 6.07) is 11.9. The van der Waals surface area contributed by atoms with Crippen molar-refractivity contribution in [1.82, 2.24) is 5.32 Å². The van der Waals surface area contributed by atoms with E-state index < -0.39 is 23.7 Å². The van der Waals surface area contributed by atoms with Crippen LogP contribution in [0.25, 0.3) is 0 Å². The molecule has 2 aromatic rings. The second kappa shape index (κ2) is 7.35. The molecule has 1 unspecified atom stereocenters. The minimum atomic E-state index is -0.720. The van der Waals surface area contributed by atoms with E-state index in [9.17, 15) is 18.8 Å². The maximum atomic E-state index is 13.9. The SMILES string of the molecule is NC(=O)c1ccccc1CC(=O)NC1CCN(c2ccccc2F)C1=O. The fourth-order valence-corrected chi connectivity index (χ4v) is 3.06. The molecule has 0 aliphatic carbocycles. The molecular weight excluding hydrogens is 337 g/mol. The lowest BCUT2D eigenvalue weighted by atomic mass is 10.0. The van der Waals surface area contributed by atoms with Gasteiger partial charge in [-0.25, -0.2) is 4.39 Å². The van der Waals surface area contributed by atoms with Crippen LogP contribution in [0.1, 0.15) is 22.3 Å². The normalized spacial score (nSPS) is 16.6. The highest BCUT2D eigenvalue weighted by atomic mass is 19.1. The number of anilines is 1. The van der Waals surface area contributed by atoms with Gasteiger partial charge < -0.3 is 16.0 Å². The van der Waals surface area contributed by atoms with E-state index in [1.807, 2.05) is 0 Å². The van der Waals surface area contributed by atoms with Crippen molar-refractivity contribution in [3.05, 3.63) is 65.5 Å². The van der Waals surface area contributed by atoms with E-state index in [2.05, 4.69) is 5.32 Å². The minimum absolute atomic E-state index is 0.0669. The summed E-state index contributed by atoms with van der Waals surface area (Å²) >= 11 is 0. The quantitative estimate of drug-likeness (QED) is 0.849. The van der Waals surface area contributed by atoms with E-state index in [0.29, 0.717) is 18.5 Å². The third-order valence-corrected chi connectivity index (χ3v) is 4.32. The van der Waals surface area contributed by atoms with E-state index in [1.54, 1.807) is 36.4 Å². The number of para-hydroxylation sites is 1. The van der Waals surface area contributed by atoms with Crippen LogP contribution in [-0.4, -0.2) is 30.3 Å². The molecule has 134 valence electrons. The predicted molar refractivity (Wildman–Crippen MR) is 94.0 cm³/mol. The Labute approximate surface area is 149 Å². The highest BCUT2D eigenvalue weighted by Crippen LogP contribution is 2.24. The molecular formula is C19H18FN3O3. The number of nitrogens with two attached hydrogens (primary N) is 1. The van der Waals surface area contributed by atoms with E-state index >= 15 is 0 Å². The summed E-state index contributed by atoms with van der Waals surface area (Å²) in [5.41, 5.74) is 6.27. The van der Waals surface area contributed by atoms with Crippen molar-refractivity contribution in [2.45, 2.75) is 18.9 Å². The van der Waals surface area contributed by atoms with Crippen molar-refractivity contribution >= 4 is 23.4 Å². The van der Waals surface area contributed by atoms with Crippen LogP contribution in [0.15, 0.2) is 48.5 Å². The maximum absolute atomic E-state index is 13.9. The summed E-state index contributed by atoms with van der Waals surface area (Å²) < 4.78 is 13.9. The number of hydrogen-bond acceptors (Lipinski definition) is 3. The van der Waals surface area contributed by atoms with Crippen LogP contribution < -0.4 is 16.0 Å². The lowest BCUT2D eigenvalue weighted by Gasteiger charge is -2.18. The Morgan fingerprint density at radius 1 is 1.15 bits per heavy atom. The van der Waals surface area contributed by atoms with Crippen LogP contribution >= 0.6 is 0 Å². The molecule has 26 heavy (non-hydrogen) atoms. The number of halogens is 1. The fraction of sp³-hybridized carbons (Fsp3) is 0.211. The second-order valence-electron chi connectivity index (χ2n) is 6.05. The van der Waals surface area contributed by atoms with Gasteiger partial charge in [-0.05, 0) is 30.2 Å². The maximum Gasteiger partial charge on any atom is 0.249 e.